The van der Waals surface area contributed by atoms with E-state index >= 15 is 0 Å². The van der Waals surface area contributed by atoms with Gasteiger partial charge in [0, 0.05) is 24.2 Å². The van der Waals surface area contributed by atoms with Crippen molar-refractivity contribution in [3.63, 3.8) is 0 Å². The normalized spacial score (nSPS) is 18.3. The first kappa shape index (κ1) is 16.5. The van der Waals surface area contributed by atoms with Crippen molar-refractivity contribution in [2.75, 3.05) is 20.1 Å². The van der Waals surface area contributed by atoms with Gasteiger partial charge in [-0.2, -0.15) is 0 Å². The SMILES string of the molecule is Cc1oc(CNC(C)(C)C)cc1COC1CCN(C)CC1. The van der Waals surface area contributed by atoms with E-state index in [0.29, 0.717) is 12.7 Å². The summed E-state index contributed by atoms with van der Waals surface area (Å²) >= 11 is 0. The summed E-state index contributed by atoms with van der Waals surface area (Å²) < 4.78 is 11.9. The van der Waals surface area contributed by atoms with Crippen LogP contribution in [-0.2, 0) is 17.9 Å². The van der Waals surface area contributed by atoms with Gasteiger partial charge in [0.15, 0.2) is 0 Å². The Morgan fingerprint density at radius 1 is 1.33 bits per heavy atom. The molecule has 1 aromatic rings. The molecule has 1 saturated heterocycles. The summed E-state index contributed by atoms with van der Waals surface area (Å²) in [4.78, 5) is 2.36. The molecule has 21 heavy (non-hydrogen) atoms. The fourth-order valence-corrected chi connectivity index (χ4v) is 2.53. The van der Waals surface area contributed by atoms with Gasteiger partial charge in [-0.15, -0.1) is 0 Å². The van der Waals surface area contributed by atoms with Gasteiger partial charge >= 0.3 is 0 Å². The van der Waals surface area contributed by atoms with Crippen LogP contribution in [0.15, 0.2) is 10.5 Å². The van der Waals surface area contributed by atoms with Crippen molar-refractivity contribution in [2.24, 2.45) is 0 Å². The molecular formula is C17H30N2O2. The fraction of sp³-hybridized carbons (Fsp3) is 0.765. The molecule has 0 amide bonds. The highest BCUT2D eigenvalue weighted by atomic mass is 16.5. The Kier molecular flexibility index (Phi) is 5.47. The first-order valence-electron chi connectivity index (χ1n) is 7.97. The summed E-state index contributed by atoms with van der Waals surface area (Å²) in [5.41, 5.74) is 1.28. The molecule has 1 fully saturated rings. The highest BCUT2D eigenvalue weighted by molar-refractivity contribution is 5.20. The van der Waals surface area contributed by atoms with Crippen LogP contribution in [0.2, 0.25) is 0 Å². The van der Waals surface area contributed by atoms with Crippen molar-refractivity contribution >= 4 is 0 Å². The summed E-state index contributed by atoms with van der Waals surface area (Å²) in [6, 6.07) is 2.13. The number of piperidine rings is 1. The van der Waals surface area contributed by atoms with Crippen LogP contribution >= 0.6 is 0 Å². The molecule has 120 valence electrons. The van der Waals surface area contributed by atoms with Crippen molar-refractivity contribution in [3.8, 4) is 0 Å². The molecule has 0 unspecified atom stereocenters. The van der Waals surface area contributed by atoms with E-state index in [1.165, 1.54) is 5.56 Å². The molecule has 0 aromatic carbocycles. The highest BCUT2D eigenvalue weighted by Gasteiger charge is 2.18. The fourth-order valence-electron chi connectivity index (χ4n) is 2.53. The minimum absolute atomic E-state index is 0.103. The second-order valence-corrected chi connectivity index (χ2v) is 7.21. The first-order chi connectivity index (χ1) is 9.83. The molecular weight excluding hydrogens is 264 g/mol. The van der Waals surface area contributed by atoms with E-state index in [1.54, 1.807) is 0 Å². The molecule has 1 N–H and O–H groups in total. The topological polar surface area (TPSA) is 37.6 Å². The Labute approximate surface area is 128 Å². The van der Waals surface area contributed by atoms with Gasteiger partial charge in [-0.05, 0) is 53.7 Å². The zero-order valence-corrected chi connectivity index (χ0v) is 14.2. The van der Waals surface area contributed by atoms with Gasteiger partial charge < -0.3 is 19.4 Å². The van der Waals surface area contributed by atoms with E-state index in [9.17, 15) is 0 Å². The van der Waals surface area contributed by atoms with Crippen LogP contribution in [0, 0.1) is 6.92 Å². The van der Waals surface area contributed by atoms with Gasteiger partial charge in [0.2, 0.25) is 0 Å². The van der Waals surface area contributed by atoms with Crippen molar-refractivity contribution in [2.45, 2.75) is 65.3 Å². The van der Waals surface area contributed by atoms with Crippen LogP contribution in [0.3, 0.4) is 0 Å². The second kappa shape index (κ2) is 6.95. The summed E-state index contributed by atoms with van der Waals surface area (Å²) in [5.74, 6) is 1.97. The van der Waals surface area contributed by atoms with E-state index in [2.05, 4.69) is 44.1 Å². The molecule has 1 aliphatic heterocycles. The molecule has 2 rings (SSSR count). The minimum atomic E-state index is 0.103. The molecule has 4 heteroatoms. The monoisotopic (exact) mass is 294 g/mol. The van der Waals surface area contributed by atoms with Gasteiger partial charge in [0.25, 0.3) is 0 Å². The number of ether oxygens (including phenoxy) is 1. The van der Waals surface area contributed by atoms with E-state index < -0.39 is 0 Å². The molecule has 0 aliphatic carbocycles. The molecule has 1 aliphatic rings. The zero-order valence-electron chi connectivity index (χ0n) is 14.2. The molecule has 4 nitrogen and oxygen atoms in total. The molecule has 1 aromatic heterocycles. The quantitative estimate of drug-likeness (QED) is 0.905. The third-order valence-electron chi connectivity index (χ3n) is 4.00. The molecule has 0 bridgehead atoms. The van der Waals surface area contributed by atoms with Crippen molar-refractivity contribution in [1.82, 2.24) is 10.2 Å². The largest absolute Gasteiger partial charge is 0.465 e. The van der Waals surface area contributed by atoms with E-state index in [1.807, 2.05) is 6.92 Å². The lowest BCUT2D eigenvalue weighted by Crippen LogP contribution is -2.34. The number of hydrogen-bond donors (Lipinski definition) is 1. The van der Waals surface area contributed by atoms with Crippen LogP contribution < -0.4 is 5.32 Å². The third kappa shape index (κ3) is 5.46. The van der Waals surface area contributed by atoms with Gasteiger partial charge in [-0.3, -0.25) is 0 Å². The summed E-state index contributed by atoms with van der Waals surface area (Å²) in [6.07, 6.45) is 2.66. The smallest absolute Gasteiger partial charge is 0.118 e. The Bertz CT molecular complexity index is 440. The highest BCUT2D eigenvalue weighted by Crippen LogP contribution is 2.19. The number of hydrogen-bond acceptors (Lipinski definition) is 4. The Morgan fingerprint density at radius 3 is 2.62 bits per heavy atom. The Morgan fingerprint density at radius 2 is 2.00 bits per heavy atom. The predicted molar refractivity (Wildman–Crippen MR) is 85.3 cm³/mol. The maximum absolute atomic E-state index is 6.05. The van der Waals surface area contributed by atoms with Crippen LogP contribution in [0.1, 0.15) is 50.7 Å². The number of nitrogens with zero attached hydrogens (tertiary/aromatic N) is 1. The van der Waals surface area contributed by atoms with Crippen LogP contribution in [0.4, 0.5) is 0 Å². The maximum atomic E-state index is 6.05. The van der Waals surface area contributed by atoms with Crippen molar-refractivity contribution < 1.29 is 9.15 Å². The lowest BCUT2D eigenvalue weighted by molar-refractivity contribution is 0.00171. The lowest BCUT2D eigenvalue weighted by atomic mass is 10.1. The number of aryl methyl sites for hydroxylation is 1. The molecule has 0 saturated carbocycles. The summed E-state index contributed by atoms with van der Waals surface area (Å²) in [7, 11) is 2.17. The average Bonchev–Trinajstić information content (AvgIpc) is 2.76. The van der Waals surface area contributed by atoms with Gasteiger partial charge in [-0.1, -0.05) is 0 Å². The van der Waals surface area contributed by atoms with E-state index in [-0.39, 0.29) is 5.54 Å². The van der Waals surface area contributed by atoms with Crippen molar-refractivity contribution in [1.29, 1.82) is 0 Å². The van der Waals surface area contributed by atoms with Crippen LogP contribution in [-0.4, -0.2) is 36.7 Å². The molecule has 0 radical (unpaired) electrons. The average molecular weight is 294 g/mol. The van der Waals surface area contributed by atoms with Gasteiger partial charge in [0.05, 0.1) is 19.3 Å². The zero-order chi connectivity index (χ0) is 15.5. The Hall–Kier alpha value is -0.840. The third-order valence-corrected chi connectivity index (χ3v) is 4.00. The number of likely N-dealkylation sites (tertiary alicyclic amines) is 1. The first-order valence-corrected chi connectivity index (χ1v) is 7.97. The van der Waals surface area contributed by atoms with Gasteiger partial charge in [-0.25, -0.2) is 0 Å². The lowest BCUT2D eigenvalue weighted by Gasteiger charge is -2.28. The molecule has 0 spiro atoms. The number of furan rings is 1. The van der Waals surface area contributed by atoms with Crippen LogP contribution in [0.25, 0.3) is 0 Å². The second-order valence-electron chi connectivity index (χ2n) is 7.21. The van der Waals surface area contributed by atoms with E-state index in [4.69, 9.17) is 9.15 Å². The Balaban J connectivity index is 1.82. The summed E-state index contributed by atoms with van der Waals surface area (Å²) in [5, 5.41) is 3.45. The summed E-state index contributed by atoms with van der Waals surface area (Å²) in [6.45, 7) is 12.2. The van der Waals surface area contributed by atoms with Crippen molar-refractivity contribution in [3.05, 3.63) is 23.2 Å². The van der Waals surface area contributed by atoms with E-state index in [0.717, 1.165) is 44.0 Å². The van der Waals surface area contributed by atoms with Crippen LogP contribution in [0.5, 0.6) is 0 Å². The molecule has 0 atom stereocenters. The number of nitrogens with one attached hydrogen (secondary N) is 1. The standard InChI is InChI=1S/C17H30N2O2/c1-13-14(10-16(21-13)11-18-17(2,3)4)12-20-15-6-8-19(5)9-7-15/h10,15,18H,6-9,11-12H2,1-5H3. The van der Waals surface area contributed by atoms with Gasteiger partial charge in [0.1, 0.15) is 11.5 Å². The predicted octanol–water partition coefficient (Wildman–Crippen LogP) is 3.09. The molecule has 2 heterocycles. The number of rotatable bonds is 5. The minimum Gasteiger partial charge on any atom is -0.465 e. The maximum Gasteiger partial charge on any atom is 0.118 e.